The van der Waals surface area contributed by atoms with E-state index in [1.807, 2.05) is 42.5 Å². The monoisotopic (exact) mass is 696 g/mol. The smallest absolute Gasteiger partial charge is 0.333 e. The van der Waals surface area contributed by atoms with Gasteiger partial charge >= 0.3 is 7.60 Å². The lowest BCUT2D eigenvalue weighted by Crippen LogP contribution is -2.30. The fourth-order valence-electron chi connectivity index (χ4n) is 4.84. The number of hydrogen-bond acceptors (Lipinski definition) is 7. The number of nitrogens with one attached hydrogen (secondary N) is 1. The standard InChI is InChI=1S/C31H30BrN4O6PS/c1-3-41-43(38,42-4-2)31(22-12-14-23(32)15-13-22)34-30(37)28-20-29(27-11-7-9-21-8-5-6-10-26(21)27)36(35-28)24-16-18-25(19-17-24)44(33,39)40/h5-20,31H,3-4H2,1-2H3,(H,34,37)(H2,33,39,40). The number of aromatic nitrogens is 2. The van der Waals surface area contributed by atoms with Crippen LogP contribution in [0.15, 0.2) is 106 Å². The predicted molar refractivity (Wildman–Crippen MR) is 173 cm³/mol. The van der Waals surface area contributed by atoms with Gasteiger partial charge in [0.05, 0.1) is 29.5 Å². The van der Waals surface area contributed by atoms with Crippen LogP contribution in [-0.2, 0) is 23.6 Å². The second-order valence-electron chi connectivity index (χ2n) is 9.70. The predicted octanol–water partition coefficient (Wildman–Crippen LogP) is 6.80. The molecule has 3 N–H and O–H groups in total. The van der Waals surface area contributed by atoms with Crippen molar-refractivity contribution in [1.82, 2.24) is 15.1 Å². The molecule has 0 aliphatic carbocycles. The Bertz CT molecular complexity index is 1950. The highest BCUT2D eigenvalue weighted by Crippen LogP contribution is 2.59. The number of carbonyl (C=O) groups excluding carboxylic acids is 1. The Morgan fingerprint density at radius 3 is 2.23 bits per heavy atom. The zero-order valence-corrected chi connectivity index (χ0v) is 27.2. The molecule has 0 radical (unpaired) electrons. The van der Waals surface area contributed by atoms with Crippen LogP contribution in [0.4, 0.5) is 0 Å². The summed E-state index contributed by atoms with van der Waals surface area (Å²) in [4.78, 5) is 13.8. The summed E-state index contributed by atoms with van der Waals surface area (Å²) in [5.41, 5.74) is 2.43. The molecule has 1 heterocycles. The maximum absolute atomic E-state index is 14.0. The number of amides is 1. The van der Waals surface area contributed by atoms with Gasteiger partial charge in [-0.15, -0.1) is 0 Å². The number of nitrogens with two attached hydrogens (primary N) is 1. The molecular formula is C31H30BrN4O6PS. The molecule has 0 spiro atoms. The molecule has 0 fully saturated rings. The zero-order valence-electron chi connectivity index (χ0n) is 23.9. The number of primary sulfonamides is 1. The molecule has 4 aromatic carbocycles. The molecule has 10 nitrogen and oxygen atoms in total. The van der Waals surface area contributed by atoms with Crippen LogP contribution in [0.2, 0.25) is 0 Å². The van der Waals surface area contributed by atoms with Gasteiger partial charge in [-0.3, -0.25) is 9.36 Å². The third kappa shape index (κ3) is 6.71. The van der Waals surface area contributed by atoms with E-state index in [1.165, 1.54) is 12.1 Å². The third-order valence-corrected chi connectivity index (χ3v) is 10.6. The van der Waals surface area contributed by atoms with E-state index in [0.29, 0.717) is 16.9 Å². The topological polar surface area (TPSA) is 143 Å². The summed E-state index contributed by atoms with van der Waals surface area (Å²) in [7, 11) is -7.78. The van der Waals surface area contributed by atoms with Gasteiger partial charge in [-0.25, -0.2) is 18.2 Å². The third-order valence-electron chi connectivity index (χ3n) is 6.81. The maximum Gasteiger partial charge on any atom is 0.357 e. The highest BCUT2D eigenvalue weighted by Gasteiger charge is 2.39. The van der Waals surface area contributed by atoms with Crippen molar-refractivity contribution in [2.24, 2.45) is 5.14 Å². The average Bonchev–Trinajstić information content (AvgIpc) is 3.45. The van der Waals surface area contributed by atoms with Crippen LogP contribution in [0.5, 0.6) is 0 Å². The fourth-order valence-corrected chi connectivity index (χ4v) is 7.53. The van der Waals surface area contributed by atoms with E-state index in [9.17, 15) is 17.8 Å². The number of carbonyl (C=O) groups is 1. The summed E-state index contributed by atoms with van der Waals surface area (Å²) >= 11 is 3.41. The minimum absolute atomic E-state index is 0.0325. The maximum atomic E-state index is 14.0. The van der Waals surface area contributed by atoms with Crippen molar-refractivity contribution >= 4 is 50.2 Å². The van der Waals surface area contributed by atoms with Crippen LogP contribution >= 0.6 is 23.5 Å². The number of hydrogen-bond donors (Lipinski definition) is 2. The van der Waals surface area contributed by atoms with Crippen LogP contribution in [0.1, 0.15) is 35.7 Å². The van der Waals surface area contributed by atoms with Gasteiger partial charge in [0.15, 0.2) is 11.5 Å². The van der Waals surface area contributed by atoms with Gasteiger partial charge in [-0.2, -0.15) is 5.10 Å². The normalized spacial score (nSPS) is 12.7. The molecule has 44 heavy (non-hydrogen) atoms. The van der Waals surface area contributed by atoms with E-state index in [1.54, 1.807) is 61.0 Å². The highest BCUT2D eigenvalue weighted by atomic mass is 79.9. The van der Waals surface area contributed by atoms with Crippen molar-refractivity contribution in [2.45, 2.75) is 24.5 Å². The van der Waals surface area contributed by atoms with Gasteiger partial charge < -0.3 is 14.4 Å². The van der Waals surface area contributed by atoms with Gasteiger partial charge in [0.1, 0.15) is 0 Å². The molecule has 1 unspecified atom stereocenters. The number of nitrogens with zero attached hydrogens (tertiary/aromatic N) is 2. The van der Waals surface area contributed by atoms with Crippen molar-refractivity contribution in [3.8, 4) is 16.9 Å². The lowest BCUT2D eigenvalue weighted by Gasteiger charge is -2.27. The first-order valence-electron chi connectivity index (χ1n) is 13.7. The van der Waals surface area contributed by atoms with Crippen molar-refractivity contribution in [3.63, 3.8) is 0 Å². The highest BCUT2D eigenvalue weighted by molar-refractivity contribution is 9.10. The first-order valence-corrected chi connectivity index (χ1v) is 17.7. The first-order chi connectivity index (χ1) is 21.0. The number of sulfonamides is 1. The molecule has 5 rings (SSSR count). The van der Waals surface area contributed by atoms with Crippen LogP contribution in [-0.4, -0.2) is 37.3 Å². The molecule has 1 atom stereocenters. The van der Waals surface area contributed by atoms with Crippen LogP contribution in [0, 0.1) is 0 Å². The van der Waals surface area contributed by atoms with Crippen molar-refractivity contribution < 1.29 is 26.8 Å². The minimum Gasteiger partial charge on any atom is -0.333 e. The number of rotatable bonds is 11. The molecule has 1 aromatic heterocycles. The Kier molecular flexibility index (Phi) is 9.50. The van der Waals surface area contributed by atoms with E-state index in [0.717, 1.165) is 20.8 Å². The second kappa shape index (κ2) is 13.2. The molecule has 13 heteroatoms. The molecule has 0 aliphatic heterocycles. The Labute approximate surface area is 263 Å². The molecule has 5 aromatic rings. The largest absolute Gasteiger partial charge is 0.357 e. The number of halogens is 1. The lowest BCUT2D eigenvalue weighted by molar-refractivity contribution is 0.0931. The molecular weight excluding hydrogens is 667 g/mol. The summed E-state index contributed by atoms with van der Waals surface area (Å²) in [6, 6.07) is 28.1. The Hall–Kier alpha value is -3.64. The second-order valence-corrected chi connectivity index (χ2v) is 14.3. The molecule has 0 bridgehead atoms. The molecule has 228 valence electrons. The van der Waals surface area contributed by atoms with Gasteiger partial charge in [0.2, 0.25) is 10.0 Å². The Morgan fingerprint density at radius 2 is 1.59 bits per heavy atom. The average molecular weight is 698 g/mol. The summed E-state index contributed by atoms with van der Waals surface area (Å²) in [6.07, 6.45) is 0. The SMILES string of the molecule is CCOP(=O)(OCC)C(NC(=O)c1cc(-c2cccc3ccccc23)n(-c2ccc(S(N)(=O)=O)cc2)n1)c1ccc(Br)cc1. The van der Waals surface area contributed by atoms with Gasteiger partial charge in [0.25, 0.3) is 5.91 Å². The van der Waals surface area contributed by atoms with E-state index < -0.39 is 29.3 Å². The molecule has 0 saturated heterocycles. The lowest BCUT2D eigenvalue weighted by atomic mass is 10.0. The Morgan fingerprint density at radius 1 is 0.955 bits per heavy atom. The Balaban J connectivity index is 1.63. The van der Waals surface area contributed by atoms with Crippen molar-refractivity contribution in [3.05, 3.63) is 113 Å². The van der Waals surface area contributed by atoms with Crippen molar-refractivity contribution in [2.75, 3.05) is 13.2 Å². The molecule has 0 saturated carbocycles. The van der Waals surface area contributed by atoms with E-state index >= 15 is 0 Å². The van der Waals surface area contributed by atoms with E-state index in [4.69, 9.17) is 14.2 Å². The van der Waals surface area contributed by atoms with Gasteiger partial charge in [0, 0.05) is 10.0 Å². The summed E-state index contributed by atoms with van der Waals surface area (Å²) in [5, 5.41) is 14.7. The molecule has 1 amide bonds. The van der Waals surface area contributed by atoms with Gasteiger partial charge in [-0.1, -0.05) is 70.5 Å². The van der Waals surface area contributed by atoms with Crippen LogP contribution < -0.4 is 10.5 Å². The minimum atomic E-state index is -3.91. The quantitative estimate of drug-likeness (QED) is 0.145. The van der Waals surface area contributed by atoms with Crippen molar-refractivity contribution in [1.29, 1.82) is 0 Å². The zero-order chi connectivity index (χ0) is 31.5. The summed E-state index contributed by atoms with van der Waals surface area (Å²) in [5.74, 6) is -1.73. The van der Waals surface area contributed by atoms with E-state index in [-0.39, 0.29) is 23.8 Å². The first kappa shape index (κ1) is 31.8. The summed E-state index contributed by atoms with van der Waals surface area (Å²) in [6.45, 7) is 3.61. The van der Waals surface area contributed by atoms with Gasteiger partial charge in [-0.05, 0) is 72.6 Å². The summed E-state index contributed by atoms with van der Waals surface area (Å²) < 4.78 is 51.4. The fraction of sp³-hybridized carbons (Fsp3) is 0.161. The van der Waals surface area contributed by atoms with E-state index in [2.05, 4.69) is 26.3 Å². The number of benzene rings is 4. The van der Waals surface area contributed by atoms with Crippen LogP contribution in [0.25, 0.3) is 27.7 Å². The molecule has 0 aliphatic rings. The number of fused-ring (bicyclic) bond motifs is 1. The van der Waals surface area contributed by atoms with Crippen LogP contribution in [0.3, 0.4) is 0 Å².